The van der Waals surface area contributed by atoms with Gasteiger partial charge in [-0.1, -0.05) is 0 Å². The fourth-order valence-electron chi connectivity index (χ4n) is 2.26. The van der Waals surface area contributed by atoms with Gasteiger partial charge in [-0.25, -0.2) is 12.7 Å². The van der Waals surface area contributed by atoms with Crippen LogP contribution in [-0.4, -0.2) is 45.7 Å². The number of sulfonamides is 1. The molecule has 2 aromatic carbocycles. The van der Waals surface area contributed by atoms with Crippen molar-refractivity contribution in [3.63, 3.8) is 0 Å². The van der Waals surface area contributed by atoms with E-state index in [1.54, 1.807) is 24.3 Å². The van der Waals surface area contributed by atoms with Crippen LogP contribution < -0.4 is 15.4 Å². The minimum absolute atomic E-state index is 0.0320. The molecule has 0 unspecified atom stereocenters. The zero-order chi connectivity index (χ0) is 20.2. The van der Waals surface area contributed by atoms with Crippen LogP contribution in [0.2, 0.25) is 0 Å². The van der Waals surface area contributed by atoms with E-state index in [-0.39, 0.29) is 16.5 Å². The molecule has 0 spiro atoms. The summed E-state index contributed by atoms with van der Waals surface area (Å²) in [4.78, 5) is 23.6. The zero-order valence-corrected chi connectivity index (χ0v) is 16.3. The maximum atomic E-state index is 12.5. The number of methoxy groups -OCH3 is 1. The van der Waals surface area contributed by atoms with Crippen LogP contribution in [0.15, 0.2) is 47.4 Å². The first kappa shape index (κ1) is 20.4. The molecular formula is C18H21N3O5S. The zero-order valence-electron chi connectivity index (χ0n) is 15.4. The first-order valence-corrected chi connectivity index (χ1v) is 9.38. The van der Waals surface area contributed by atoms with Gasteiger partial charge in [0.1, 0.15) is 5.75 Å². The molecule has 2 aromatic rings. The molecule has 8 nitrogen and oxygen atoms in total. The summed E-state index contributed by atoms with van der Waals surface area (Å²) in [6.45, 7) is 1.39. The van der Waals surface area contributed by atoms with Crippen molar-refractivity contribution in [3.8, 4) is 5.75 Å². The quantitative estimate of drug-likeness (QED) is 0.785. The lowest BCUT2D eigenvalue weighted by molar-refractivity contribution is -0.114. The van der Waals surface area contributed by atoms with E-state index in [4.69, 9.17) is 4.74 Å². The van der Waals surface area contributed by atoms with Gasteiger partial charge < -0.3 is 15.4 Å². The van der Waals surface area contributed by atoms with E-state index in [2.05, 4.69) is 10.6 Å². The summed E-state index contributed by atoms with van der Waals surface area (Å²) in [6.07, 6.45) is 0. The lowest BCUT2D eigenvalue weighted by atomic mass is 10.2. The molecule has 27 heavy (non-hydrogen) atoms. The number of benzene rings is 2. The topological polar surface area (TPSA) is 105 Å². The average molecular weight is 391 g/mol. The Morgan fingerprint density at radius 2 is 1.63 bits per heavy atom. The van der Waals surface area contributed by atoms with Crippen molar-refractivity contribution < 1.29 is 22.7 Å². The Hall–Kier alpha value is -2.91. The maximum Gasteiger partial charge on any atom is 0.255 e. The lowest BCUT2D eigenvalue weighted by Gasteiger charge is -2.15. The predicted molar refractivity (Wildman–Crippen MR) is 103 cm³/mol. The van der Waals surface area contributed by atoms with Gasteiger partial charge in [-0.3, -0.25) is 9.59 Å². The number of hydrogen-bond donors (Lipinski definition) is 2. The van der Waals surface area contributed by atoms with Gasteiger partial charge in [-0.15, -0.1) is 0 Å². The van der Waals surface area contributed by atoms with Crippen molar-refractivity contribution in [1.29, 1.82) is 0 Å². The maximum absolute atomic E-state index is 12.5. The number of carbonyl (C=O) groups excluding carboxylic acids is 2. The number of amides is 2. The Morgan fingerprint density at radius 1 is 1.00 bits per heavy atom. The Kier molecular flexibility index (Phi) is 6.19. The van der Waals surface area contributed by atoms with E-state index in [9.17, 15) is 18.0 Å². The Balaban J connectivity index is 2.30. The summed E-state index contributed by atoms with van der Waals surface area (Å²) in [5.74, 6) is -0.325. The van der Waals surface area contributed by atoms with E-state index in [0.29, 0.717) is 17.0 Å². The summed E-state index contributed by atoms with van der Waals surface area (Å²) >= 11 is 0. The third-order valence-electron chi connectivity index (χ3n) is 3.67. The lowest BCUT2D eigenvalue weighted by Crippen LogP contribution is -2.22. The fraction of sp³-hybridized carbons (Fsp3) is 0.222. The van der Waals surface area contributed by atoms with Crippen molar-refractivity contribution >= 4 is 33.2 Å². The third-order valence-corrected chi connectivity index (χ3v) is 5.48. The van der Waals surface area contributed by atoms with E-state index in [1.165, 1.54) is 46.3 Å². The molecule has 2 N–H and O–H groups in total. The number of anilines is 2. The van der Waals surface area contributed by atoms with Crippen LogP contribution in [0.1, 0.15) is 17.3 Å². The molecule has 0 aliphatic rings. The second-order valence-electron chi connectivity index (χ2n) is 5.86. The first-order valence-electron chi connectivity index (χ1n) is 7.94. The first-order chi connectivity index (χ1) is 12.6. The Bertz CT molecular complexity index is 953. The van der Waals surface area contributed by atoms with E-state index < -0.39 is 15.9 Å². The van der Waals surface area contributed by atoms with Gasteiger partial charge >= 0.3 is 0 Å². The molecule has 0 aliphatic heterocycles. The van der Waals surface area contributed by atoms with Crippen LogP contribution in [0.25, 0.3) is 0 Å². The monoisotopic (exact) mass is 391 g/mol. The highest BCUT2D eigenvalue weighted by Gasteiger charge is 2.20. The molecule has 2 amide bonds. The summed E-state index contributed by atoms with van der Waals surface area (Å²) in [7, 11) is 0.618. The van der Waals surface area contributed by atoms with Crippen LogP contribution in [0.4, 0.5) is 11.4 Å². The molecule has 0 heterocycles. The predicted octanol–water partition coefficient (Wildman–Crippen LogP) is 2.16. The SMILES string of the molecule is COc1ccc(S(=O)(=O)N(C)C)cc1NC(=O)c1ccc(NC(C)=O)cc1. The normalized spacial score (nSPS) is 11.1. The van der Waals surface area contributed by atoms with Gasteiger partial charge in [0, 0.05) is 32.3 Å². The van der Waals surface area contributed by atoms with Crippen LogP contribution >= 0.6 is 0 Å². The molecule has 0 saturated heterocycles. The minimum atomic E-state index is -3.66. The second-order valence-corrected chi connectivity index (χ2v) is 8.01. The van der Waals surface area contributed by atoms with E-state index in [0.717, 1.165) is 4.31 Å². The third kappa shape index (κ3) is 4.83. The number of nitrogens with zero attached hydrogens (tertiary/aromatic N) is 1. The van der Waals surface area contributed by atoms with Gasteiger partial charge in [-0.2, -0.15) is 0 Å². The smallest absolute Gasteiger partial charge is 0.255 e. The average Bonchev–Trinajstić information content (AvgIpc) is 2.61. The summed E-state index contributed by atoms with van der Waals surface area (Å²) in [5, 5.41) is 5.27. The number of nitrogens with one attached hydrogen (secondary N) is 2. The molecule has 0 saturated carbocycles. The van der Waals surface area contributed by atoms with Crippen molar-refractivity contribution in [2.24, 2.45) is 0 Å². The van der Waals surface area contributed by atoms with Gasteiger partial charge in [-0.05, 0) is 42.5 Å². The highest BCUT2D eigenvalue weighted by atomic mass is 32.2. The van der Waals surface area contributed by atoms with Gasteiger partial charge in [0.2, 0.25) is 15.9 Å². The van der Waals surface area contributed by atoms with Crippen molar-refractivity contribution in [2.75, 3.05) is 31.8 Å². The van der Waals surface area contributed by atoms with Crippen LogP contribution in [0.5, 0.6) is 5.75 Å². The Labute approximate surface area is 158 Å². The van der Waals surface area contributed by atoms with Crippen molar-refractivity contribution in [1.82, 2.24) is 4.31 Å². The number of rotatable bonds is 6. The summed E-state index contributed by atoms with van der Waals surface area (Å²) < 4.78 is 30.9. The molecule has 0 radical (unpaired) electrons. The fourth-order valence-corrected chi connectivity index (χ4v) is 3.19. The van der Waals surface area contributed by atoms with Gasteiger partial charge in [0.05, 0.1) is 17.7 Å². The van der Waals surface area contributed by atoms with Crippen molar-refractivity contribution in [2.45, 2.75) is 11.8 Å². The molecular weight excluding hydrogens is 370 g/mol. The molecule has 0 atom stereocenters. The summed E-state index contributed by atoms with van der Waals surface area (Å²) in [6, 6.07) is 10.5. The molecule has 2 rings (SSSR count). The summed E-state index contributed by atoms with van der Waals surface area (Å²) in [5.41, 5.74) is 1.14. The van der Waals surface area contributed by atoms with Crippen molar-refractivity contribution in [3.05, 3.63) is 48.0 Å². The number of ether oxygens (including phenoxy) is 1. The highest BCUT2D eigenvalue weighted by molar-refractivity contribution is 7.89. The van der Waals surface area contributed by atoms with Gasteiger partial charge in [0.15, 0.2) is 0 Å². The second kappa shape index (κ2) is 8.19. The van der Waals surface area contributed by atoms with Gasteiger partial charge in [0.25, 0.3) is 5.91 Å². The standard InChI is InChI=1S/C18H21N3O5S/c1-12(22)19-14-7-5-13(6-8-14)18(23)20-16-11-15(9-10-17(16)26-4)27(24,25)21(2)3/h5-11H,1-4H3,(H,19,22)(H,20,23). The molecule has 9 heteroatoms. The molecule has 144 valence electrons. The number of carbonyl (C=O) groups is 2. The minimum Gasteiger partial charge on any atom is -0.495 e. The van der Waals surface area contributed by atoms with Crippen LogP contribution in [-0.2, 0) is 14.8 Å². The molecule has 0 fully saturated rings. The van der Waals surface area contributed by atoms with Crippen LogP contribution in [0.3, 0.4) is 0 Å². The van der Waals surface area contributed by atoms with E-state index >= 15 is 0 Å². The molecule has 0 bridgehead atoms. The molecule has 0 aliphatic carbocycles. The highest BCUT2D eigenvalue weighted by Crippen LogP contribution is 2.29. The molecule has 0 aromatic heterocycles. The van der Waals surface area contributed by atoms with E-state index in [1.807, 2.05) is 0 Å². The Morgan fingerprint density at radius 3 is 2.15 bits per heavy atom. The van der Waals surface area contributed by atoms with Crippen LogP contribution in [0, 0.1) is 0 Å². The largest absolute Gasteiger partial charge is 0.495 e. The number of hydrogen-bond acceptors (Lipinski definition) is 5.